The first-order valence-electron chi connectivity index (χ1n) is 5.64. The Morgan fingerprint density at radius 3 is 2.06 bits per heavy atom. The summed E-state index contributed by atoms with van der Waals surface area (Å²) in [5, 5.41) is 5.35. The standard InChI is InChI=1S/C16H14.Li.H/c1-11-7-8-15-9-13-5-3-4-6-14(13)10-16(15)12(11)2;;/h3-10H,1-2H3;;. The molecule has 0 saturated carbocycles. The van der Waals surface area contributed by atoms with Crippen LogP contribution >= 0.6 is 0 Å². The first kappa shape index (κ1) is 12.2. The van der Waals surface area contributed by atoms with E-state index < -0.39 is 0 Å². The Bertz CT molecular complexity index is 683. The third kappa shape index (κ3) is 1.99. The molecule has 0 radical (unpaired) electrons. The Labute approximate surface area is 114 Å². The van der Waals surface area contributed by atoms with Crippen molar-refractivity contribution in [1.82, 2.24) is 0 Å². The van der Waals surface area contributed by atoms with Crippen molar-refractivity contribution in [2.45, 2.75) is 13.8 Å². The summed E-state index contributed by atoms with van der Waals surface area (Å²) in [6.07, 6.45) is 0. The average molecular weight is 214 g/mol. The van der Waals surface area contributed by atoms with Crippen LogP contribution in [0.5, 0.6) is 0 Å². The van der Waals surface area contributed by atoms with Crippen LogP contribution in [-0.2, 0) is 0 Å². The van der Waals surface area contributed by atoms with E-state index in [1.807, 2.05) is 0 Å². The first-order chi connectivity index (χ1) is 7.75. The second kappa shape index (κ2) is 4.57. The van der Waals surface area contributed by atoms with Gasteiger partial charge < -0.3 is 0 Å². The van der Waals surface area contributed by atoms with E-state index in [4.69, 9.17) is 0 Å². The van der Waals surface area contributed by atoms with Crippen LogP contribution < -0.4 is 0 Å². The van der Waals surface area contributed by atoms with Crippen molar-refractivity contribution in [1.29, 1.82) is 0 Å². The molecule has 3 aromatic carbocycles. The summed E-state index contributed by atoms with van der Waals surface area (Å²) in [4.78, 5) is 0. The number of benzene rings is 3. The second-order valence-corrected chi connectivity index (χ2v) is 4.43. The zero-order chi connectivity index (χ0) is 11.1. The zero-order valence-corrected chi connectivity index (χ0v) is 9.62. The second-order valence-electron chi connectivity index (χ2n) is 4.43. The van der Waals surface area contributed by atoms with E-state index in [1.54, 1.807) is 0 Å². The molecule has 0 aliphatic carbocycles. The van der Waals surface area contributed by atoms with Gasteiger partial charge in [-0.15, -0.1) is 0 Å². The molecule has 0 spiro atoms. The molecule has 0 fully saturated rings. The summed E-state index contributed by atoms with van der Waals surface area (Å²) >= 11 is 0. The van der Waals surface area contributed by atoms with Gasteiger partial charge in [-0.05, 0) is 58.7 Å². The van der Waals surface area contributed by atoms with Crippen LogP contribution in [0.3, 0.4) is 0 Å². The molecule has 3 aromatic rings. The number of aryl methyl sites for hydroxylation is 2. The molecule has 3 rings (SSSR count). The van der Waals surface area contributed by atoms with E-state index in [1.165, 1.54) is 32.7 Å². The molecule has 0 unspecified atom stereocenters. The minimum atomic E-state index is 0. The zero-order valence-electron chi connectivity index (χ0n) is 9.62. The van der Waals surface area contributed by atoms with E-state index in [0.717, 1.165) is 0 Å². The minimum absolute atomic E-state index is 0. The van der Waals surface area contributed by atoms with Gasteiger partial charge in [0.1, 0.15) is 0 Å². The number of rotatable bonds is 0. The van der Waals surface area contributed by atoms with Crippen LogP contribution in [0, 0.1) is 13.8 Å². The van der Waals surface area contributed by atoms with Gasteiger partial charge in [0.25, 0.3) is 0 Å². The fourth-order valence-electron chi connectivity index (χ4n) is 2.27. The Kier molecular flexibility index (Phi) is 3.29. The molecule has 0 amide bonds. The Balaban J connectivity index is 0.00000108. The van der Waals surface area contributed by atoms with Crippen molar-refractivity contribution in [2.24, 2.45) is 0 Å². The van der Waals surface area contributed by atoms with E-state index in [-0.39, 0.29) is 18.9 Å². The molecule has 0 aromatic heterocycles. The van der Waals surface area contributed by atoms with Crippen molar-refractivity contribution in [3.05, 3.63) is 59.7 Å². The predicted octanol–water partition coefficient (Wildman–Crippen LogP) is 3.96. The SMILES string of the molecule is Cc1ccc2cc3ccccc3cc2c1C.[LiH]. The summed E-state index contributed by atoms with van der Waals surface area (Å²) < 4.78 is 0. The maximum atomic E-state index is 2.30. The summed E-state index contributed by atoms with van der Waals surface area (Å²) in [5.74, 6) is 0. The van der Waals surface area contributed by atoms with Crippen LogP contribution in [0.25, 0.3) is 21.5 Å². The van der Waals surface area contributed by atoms with E-state index in [0.29, 0.717) is 0 Å². The molecular weight excluding hydrogens is 199 g/mol. The van der Waals surface area contributed by atoms with Gasteiger partial charge >= 0.3 is 18.9 Å². The third-order valence-electron chi connectivity index (χ3n) is 3.43. The summed E-state index contributed by atoms with van der Waals surface area (Å²) in [5.41, 5.74) is 2.76. The molecule has 80 valence electrons. The van der Waals surface area contributed by atoms with Gasteiger partial charge in [-0.2, -0.15) is 0 Å². The van der Waals surface area contributed by atoms with Gasteiger partial charge in [0.2, 0.25) is 0 Å². The van der Waals surface area contributed by atoms with Crippen LogP contribution in [0.15, 0.2) is 48.5 Å². The Hall–Kier alpha value is -1.22. The van der Waals surface area contributed by atoms with E-state index in [2.05, 4.69) is 62.4 Å². The van der Waals surface area contributed by atoms with Crippen LogP contribution in [0.4, 0.5) is 0 Å². The Morgan fingerprint density at radius 1 is 0.706 bits per heavy atom. The molecule has 0 nitrogen and oxygen atoms in total. The Morgan fingerprint density at radius 2 is 1.35 bits per heavy atom. The third-order valence-corrected chi connectivity index (χ3v) is 3.43. The van der Waals surface area contributed by atoms with Crippen molar-refractivity contribution in [3.8, 4) is 0 Å². The summed E-state index contributed by atoms with van der Waals surface area (Å²) in [7, 11) is 0. The summed E-state index contributed by atoms with van der Waals surface area (Å²) in [6, 6.07) is 17.5. The molecule has 17 heavy (non-hydrogen) atoms. The van der Waals surface area contributed by atoms with Gasteiger partial charge in [-0.1, -0.05) is 36.4 Å². The van der Waals surface area contributed by atoms with Gasteiger partial charge in [0, 0.05) is 0 Å². The van der Waals surface area contributed by atoms with Crippen molar-refractivity contribution in [3.63, 3.8) is 0 Å². The number of fused-ring (bicyclic) bond motifs is 2. The molecule has 0 heterocycles. The van der Waals surface area contributed by atoms with Gasteiger partial charge in [0.05, 0.1) is 0 Å². The molecule has 1 heteroatoms. The fourth-order valence-corrected chi connectivity index (χ4v) is 2.27. The molecule has 0 atom stereocenters. The van der Waals surface area contributed by atoms with Gasteiger partial charge in [-0.3, -0.25) is 0 Å². The quantitative estimate of drug-likeness (QED) is 0.392. The normalized spacial score (nSPS) is 10.5. The molecule has 0 bridgehead atoms. The number of hydrogen-bond donors (Lipinski definition) is 0. The first-order valence-corrected chi connectivity index (χ1v) is 5.64. The topological polar surface area (TPSA) is 0 Å². The van der Waals surface area contributed by atoms with Crippen molar-refractivity contribution < 1.29 is 0 Å². The number of hydrogen-bond acceptors (Lipinski definition) is 0. The van der Waals surface area contributed by atoms with Crippen molar-refractivity contribution >= 4 is 40.4 Å². The van der Waals surface area contributed by atoms with E-state index in [9.17, 15) is 0 Å². The van der Waals surface area contributed by atoms with Crippen LogP contribution in [0.2, 0.25) is 0 Å². The van der Waals surface area contributed by atoms with Gasteiger partial charge in [-0.25, -0.2) is 0 Å². The van der Waals surface area contributed by atoms with Crippen LogP contribution in [-0.4, -0.2) is 18.9 Å². The molecular formula is C16H15Li. The fraction of sp³-hybridized carbons (Fsp3) is 0.125. The van der Waals surface area contributed by atoms with Crippen LogP contribution in [0.1, 0.15) is 11.1 Å². The molecule has 0 aliphatic rings. The monoisotopic (exact) mass is 214 g/mol. The molecule has 0 saturated heterocycles. The van der Waals surface area contributed by atoms with Crippen molar-refractivity contribution in [2.75, 3.05) is 0 Å². The van der Waals surface area contributed by atoms with E-state index >= 15 is 0 Å². The predicted molar refractivity (Wildman–Crippen MR) is 78.1 cm³/mol. The average Bonchev–Trinajstić information content (AvgIpc) is 2.32. The summed E-state index contributed by atoms with van der Waals surface area (Å²) in [6.45, 7) is 4.37. The molecule has 0 N–H and O–H groups in total. The molecule has 0 aliphatic heterocycles. The van der Waals surface area contributed by atoms with Gasteiger partial charge in [0.15, 0.2) is 0 Å². The maximum absolute atomic E-state index is 2.30.